The molecule has 0 fully saturated rings. The molecule has 2 aromatic heterocycles. The van der Waals surface area contributed by atoms with E-state index in [2.05, 4.69) is 20.7 Å². The summed E-state index contributed by atoms with van der Waals surface area (Å²) in [7, 11) is 0. The highest BCUT2D eigenvalue weighted by Crippen LogP contribution is 2.21. The summed E-state index contributed by atoms with van der Waals surface area (Å²) in [5.41, 5.74) is 3.14. The number of ether oxygens (including phenoxy) is 1. The van der Waals surface area contributed by atoms with Crippen LogP contribution in [0.15, 0.2) is 74.4 Å². The van der Waals surface area contributed by atoms with Gasteiger partial charge in [-0.3, -0.25) is 9.59 Å². The van der Waals surface area contributed by atoms with Crippen LogP contribution in [0.5, 0.6) is 0 Å². The minimum absolute atomic E-state index is 0.0874. The quantitative estimate of drug-likeness (QED) is 0.259. The van der Waals surface area contributed by atoms with Crippen molar-refractivity contribution in [2.24, 2.45) is 5.92 Å². The number of aliphatic hydroxyl groups is 1. The standard InChI is InChI=1S/C26H26N4O7/c1-16-23(37-26(34)36-16)15-35-25(33)20(14-31)12-21(28-24(32)22-13-27-30-29-22)11-17-7-9-19(10-8-17)18-5-3-2-4-6-18/h2-10,13,20-21,31H,11-12,14-15H2,1H3,(H,28,32)(H,27,29,30)/t20-,21+/m0/s1. The van der Waals surface area contributed by atoms with Gasteiger partial charge < -0.3 is 24.0 Å². The predicted molar refractivity (Wildman–Crippen MR) is 130 cm³/mol. The Morgan fingerprint density at radius 2 is 1.81 bits per heavy atom. The molecule has 0 aliphatic rings. The zero-order valence-corrected chi connectivity index (χ0v) is 20.0. The molecule has 0 aliphatic carbocycles. The van der Waals surface area contributed by atoms with Crippen LogP contribution in [-0.2, 0) is 22.6 Å². The lowest BCUT2D eigenvalue weighted by Gasteiger charge is -2.22. The molecule has 0 saturated heterocycles. The number of nitrogens with zero attached hydrogens (tertiary/aromatic N) is 2. The van der Waals surface area contributed by atoms with Crippen molar-refractivity contribution >= 4 is 11.9 Å². The molecule has 11 heteroatoms. The van der Waals surface area contributed by atoms with Gasteiger partial charge in [-0.05, 0) is 36.5 Å². The molecule has 2 atom stereocenters. The Hall–Kier alpha value is -4.51. The number of carbonyl (C=O) groups excluding carboxylic acids is 2. The number of rotatable bonds is 11. The molecule has 2 aromatic carbocycles. The van der Waals surface area contributed by atoms with E-state index in [9.17, 15) is 19.5 Å². The molecule has 4 aromatic rings. The van der Waals surface area contributed by atoms with Gasteiger partial charge in [0.05, 0.1) is 18.7 Å². The number of hydrogen-bond acceptors (Lipinski definition) is 9. The third-order valence-corrected chi connectivity index (χ3v) is 5.83. The van der Waals surface area contributed by atoms with Gasteiger partial charge in [0, 0.05) is 6.04 Å². The van der Waals surface area contributed by atoms with Gasteiger partial charge in [0.15, 0.2) is 23.8 Å². The van der Waals surface area contributed by atoms with Crippen LogP contribution in [-0.4, -0.2) is 45.0 Å². The van der Waals surface area contributed by atoms with Crippen LogP contribution in [0.3, 0.4) is 0 Å². The molecule has 0 radical (unpaired) electrons. The maximum absolute atomic E-state index is 12.7. The lowest BCUT2D eigenvalue weighted by atomic mass is 9.94. The second kappa shape index (κ2) is 12.0. The smallest absolute Gasteiger partial charge is 0.457 e. The van der Waals surface area contributed by atoms with Crippen molar-refractivity contribution in [2.75, 3.05) is 6.61 Å². The summed E-state index contributed by atoms with van der Waals surface area (Å²) >= 11 is 0. The van der Waals surface area contributed by atoms with E-state index in [-0.39, 0.29) is 30.2 Å². The van der Waals surface area contributed by atoms with Gasteiger partial charge in [-0.25, -0.2) is 4.79 Å². The fourth-order valence-electron chi connectivity index (χ4n) is 3.86. The summed E-state index contributed by atoms with van der Waals surface area (Å²) in [6, 6.07) is 17.3. The summed E-state index contributed by atoms with van der Waals surface area (Å²) in [6.45, 7) is 0.691. The van der Waals surface area contributed by atoms with Gasteiger partial charge in [0.2, 0.25) is 0 Å². The van der Waals surface area contributed by atoms with Crippen LogP contribution in [0.2, 0.25) is 0 Å². The Kier molecular flexibility index (Phi) is 8.26. The first-order valence-electron chi connectivity index (χ1n) is 11.6. The van der Waals surface area contributed by atoms with Crippen molar-refractivity contribution in [3.05, 3.63) is 94.2 Å². The van der Waals surface area contributed by atoms with Gasteiger partial charge >= 0.3 is 11.8 Å². The minimum Gasteiger partial charge on any atom is -0.457 e. The van der Waals surface area contributed by atoms with E-state index < -0.39 is 36.3 Å². The Morgan fingerprint density at radius 3 is 2.43 bits per heavy atom. The van der Waals surface area contributed by atoms with E-state index in [1.807, 2.05) is 54.6 Å². The average Bonchev–Trinajstić information content (AvgIpc) is 3.56. The van der Waals surface area contributed by atoms with Crippen molar-refractivity contribution in [2.45, 2.75) is 32.4 Å². The molecule has 0 bridgehead atoms. The number of aromatic amines is 1. The predicted octanol–water partition coefficient (Wildman–Crippen LogP) is 2.41. The fraction of sp³-hybridized carbons (Fsp3) is 0.269. The van der Waals surface area contributed by atoms with E-state index in [1.165, 1.54) is 13.1 Å². The number of nitrogens with one attached hydrogen (secondary N) is 2. The van der Waals surface area contributed by atoms with Gasteiger partial charge in [0.25, 0.3) is 5.91 Å². The Bertz CT molecular complexity index is 1360. The highest BCUT2D eigenvalue weighted by molar-refractivity contribution is 5.92. The van der Waals surface area contributed by atoms with Crippen molar-refractivity contribution in [3.8, 4) is 11.1 Å². The van der Waals surface area contributed by atoms with Gasteiger partial charge in [0.1, 0.15) is 0 Å². The second-order valence-electron chi connectivity index (χ2n) is 8.45. The number of esters is 1. The van der Waals surface area contributed by atoms with Crippen molar-refractivity contribution < 1.29 is 28.3 Å². The molecule has 11 nitrogen and oxygen atoms in total. The molecule has 37 heavy (non-hydrogen) atoms. The normalized spacial score (nSPS) is 12.6. The number of aliphatic hydroxyl groups excluding tert-OH is 1. The molecule has 3 N–H and O–H groups in total. The number of hydrogen-bond donors (Lipinski definition) is 3. The number of H-pyrrole nitrogens is 1. The van der Waals surface area contributed by atoms with E-state index in [0.29, 0.717) is 6.42 Å². The molecule has 4 rings (SSSR count). The molecule has 2 heterocycles. The highest BCUT2D eigenvalue weighted by Gasteiger charge is 2.27. The van der Waals surface area contributed by atoms with Crippen molar-refractivity contribution in [1.82, 2.24) is 20.7 Å². The highest BCUT2D eigenvalue weighted by atomic mass is 16.6. The van der Waals surface area contributed by atoms with Crippen molar-refractivity contribution in [1.29, 1.82) is 0 Å². The molecular weight excluding hydrogens is 480 g/mol. The molecule has 0 aliphatic heterocycles. The van der Waals surface area contributed by atoms with E-state index in [4.69, 9.17) is 13.6 Å². The minimum atomic E-state index is -0.940. The van der Waals surface area contributed by atoms with Gasteiger partial charge in [-0.2, -0.15) is 15.4 Å². The Balaban J connectivity index is 1.46. The molecule has 1 amide bonds. The zero-order valence-electron chi connectivity index (χ0n) is 20.0. The molecule has 0 spiro atoms. The number of amides is 1. The lowest BCUT2D eigenvalue weighted by Crippen LogP contribution is -2.40. The summed E-state index contributed by atoms with van der Waals surface area (Å²) in [6.07, 6.45) is 1.77. The molecular formula is C26H26N4O7. The summed E-state index contributed by atoms with van der Waals surface area (Å²) in [4.78, 5) is 36.6. The first kappa shape index (κ1) is 25.6. The monoisotopic (exact) mass is 506 g/mol. The first-order valence-corrected chi connectivity index (χ1v) is 11.6. The van der Waals surface area contributed by atoms with Crippen LogP contribution >= 0.6 is 0 Å². The van der Waals surface area contributed by atoms with E-state index >= 15 is 0 Å². The summed E-state index contributed by atoms with van der Waals surface area (Å²) < 4.78 is 14.8. The largest absolute Gasteiger partial charge is 0.519 e. The maximum Gasteiger partial charge on any atom is 0.519 e. The summed E-state index contributed by atoms with van der Waals surface area (Å²) in [5, 5.41) is 22.6. The number of aryl methyl sites for hydroxylation is 1. The van der Waals surface area contributed by atoms with Crippen LogP contribution in [0, 0.1) is 12.8 Å². The van der Waals surface area contributed by atoms with Crippen molar-refractivity contribution in [3.63, 3.8) is 0 Å². The summed E-state index contributed by atoms with van der Waals surface area (Å²) in [5.74, 6) is -2.72. The SMILES string of the molecule is Cc1oc(=O)oc1COC(=O)[C@H](CO)C[C@@H](Cc1ccc(-c2ccccc2)cc1)NC(=O)c1cn[nH]n1. The van der Waals surface area contributed by atoms with Crippen LogP contribution in [0.25, 0.3) is 11.1 Å². The van der Waals surface area contributed by atoms with Gasteiger partial charge in [-0.15, -0.1) is 0 Å². The second-order valence-corrected chi connectivity index (χ2v) is 8.45. The third kappa shape index (κ3) is 6.79. The Morgan fingerprint density at radius 1 is 1.08 bits per heavy atom. The van der Waals surface area contributed by atoms with Gasteiger partial charge in [-0.1, -0.05) is 54.6 Å². The maximum atomic E-state index is 12.7. The Labute approximate surface area is 211 Å². The van der Waals surface area contributed by atoms with Crippen LogP contribution < -0.4 is 11.1 Å². The first-order chi connectivity index (χ1) is 17.9. The topological polar surface area (TPSA) is 161 Å². The third-order valence-electron chi connectivity index (χ3n) is 5.83. The van der Waals surface area contributed by atoms with E-state index in [1.54, 1.807) is 0 Å². The zero-order chi connectivity index (χ0) is 26.2. The molecule has 0 unspecified atom stereocenters. The molecule has 192 valence electrons. The van der Waals surface area contributed by atoms with E-state index in [0.717, 1.165) is 16.7 Å². The number of aromatic nitrogens is 3. The fourth-order valence-corrected chi connectivity index (χ4v) is 3.86. The average molecular weight is 507 g/mol. The van der Waals surface area contributed by atoms with Crippen LogP contribution in [0.4, 0.5) is 0 Å². The number of carbonyl (C=O) groups is 2. The van der Waals surface area contributed by atoms with Crippen LogP contribution in [0.1, 0.15) is 34.0 Å². The lowest BCUT2D eigenvalue weighted by molar-refractivity contribution is -0.152. The number of benzene rings is 2. The molecule has 0 saturated carbocycles.